The van der Waals surface area contributed by atoms with E-state index in [9.17, 15) is 23.1 Å². The Morgan fingerprint density at radius 3 is 2.33 bits per heavy atom. The standard InChI is InChI=1S/C22H30F3NO4/c1-3-14-29-15-21(28)10-8-20(9-11-21)12-13-26(19(20)27)17-4-6-18(7-5-17)30-16(2)22(23,24)25/h4-7,16,28H,3,8-15H2,1-2H3/t16-,20-,21+/m1/s1. The quantitative estimate of drug-likeness (QED) is 0.650. The number of nitrogens with zero attached hydrogens (tertiary/aromatic N) is 1. The second kappa shape index (κ2) is 8.75. The van der Waals surface area contributed by atoms with Gasteiger partial charge < -0.3 is 19.5 Å². The average Bonchev–Trinajstić information content (AvgIpc) is 3.01. The number of benzene rings is 1. The molecule has 1 N–H and O–H groups in total. The summed E-state index contributed by atoms with van der Waals surface area (Å²) in [5.41, 5.74) is -0.699. The lowest BCUT2D eigenvalue weighted by Crippen LogP contribution is -2.45. The van der Waals surface area contributed by atoms with E-state index in [1.807, 2.05) is 6.92 Å². The molecule has 5 nitrogen and oxygen atoms in total. The molecule has 3 rings (SSSR count). The van der Waals surface area contributed by atoms with E-state index in [0.717, 1.165) is 13.3 Å². The lowest BCUT2D eigenvalue weighted by atomic mass is 9.68. The summed E-state index contributed by atoms with van der Waals surface area (Å²) < 4.78 is 48.4. The van der Waals surface area contributed by atoms with E-state index in [1.54, 1.807) is 17.0 Å². The largest absolute Gasteiger partial charge is 0.481 e. The van der Waals surface area contributed by atoms with Crippen molar-refractivity contribution in [3.8, 4) is 5.75 Å². The summed E-state index contributed by atoms with van der Waals surface area (Å²) in [5, 5.41) is 10.7. The first-order chi connectivity index (χ1) is 14.1. The molecule has 168 valence electrons. The van der Waals surface area contributed by atoms with Gasteiger partial charge in [-0.25, -0.2) is 0 Å². The van der Waals surface area contributed by atoms with Crippen LogP contribution in [-0.2, 0) is 9.53 Å². The number of hydrogen-bond acceptors (Lipinski definition) is 4. The van der Waals surface area contributed by atoms with Crippen molar-refractivity contribution in [3.05, 3.63) is 24.3 Å². The number of rotatable bonds is 7. The van der Waals surface area contributed by atoms with Gasteiger partial charge in [-0.3, -0.25) is 4.79 Å². The van der Waals surface area contributed by atoms with Gasteiger partial charge in [0, 0.05) is 18.8 Å². The SMILES string of the molecule is CCCOC[C@]1(O)CC[C@]2(CCN(c3ccc(O[C@H](C)C(F)(F)F)cc3)C2=O)CC1. The molecule has 0 unspecified atom stereocenters. The highest BCUT2D eigenvalue weighted by molar-refractivity contribution is 6.00. The number of carbonyl (C=O) groups is 1. The molecule has 1 amide bonds. The van der Waals surface area contributed by atoms with Crippen LogP contribution in [-0.4, -0.2) is 48.7 Å². The van der Waals surface area contributed by atoms with Crippen molar-refractivity contribution in [3.63, 3.8) is 0 Å². The third-order valence-corrected chi connectivity index (χ3v) is 6.29. The normalized spacial score (nSPS) is 28.2. The number of ether oxygens (including phenoxy) is 2. The van der Waals surface area contributed by atoms with Crippen LogP contribution in [0.4, 0.5) is 18.9 Å². The van der Waals surface area contributed by atoms with Crippen LogP contribution < -0.4 is 9.64 Å². The number of amides is 1. The van der Waals surface area contributed by atoms with Crippen LogP contribution in [0.3, 0.4) is 0 Å². The third kappa shape index (κ3) is 4.91. The van der Waals surface area contributed by atoms with Crippen molar-refractivity contribution in [2.45, 2.75) is 70.3 Å². The third-order valence-electron chi connectivity index (χ3n) is 6.29. The summed E-state index contributed by atoms with van der Waals surface area (Å²) in [4.78, 5) is 14.9. The first-order valence-corrected chi connectivity index (χ1v) is 10.5. The molecular weight excluding hydrogens is 399 g/mol. The second-order valence-electron chi connectivity index (χ2n) is 8.56. The number of hydrogen-bond donors (Lipinski definition) is 1. The zero-order valence-electron chi connectivity index (χ0n) is 17.5. The lowest BCUT2D eigenvalue weighted by Gasteiger charge is -2.40. The molecule has 1 spiro atoms. The number of alkyl halides is 3. The monoisotopic (exact) mass is 429 g/mol. The Bertz CT molecular complexity index is 727. The van der Waals surface area contributed by atoms with E-state index in [-0.39, 0.29) is 11.7 Å². The van der Waals surface area contributed by atoms with Crippen molar-refractivity contribution in [1.29, 1.82) is 0 Å². The number of aliphatic hydroxyl groups is 1. The summed E-state index contributed by atoms with van der Waals surface area (Å²) in [5.74, 6) is 0.135. The molecule has 1 aromatic carbocycles. The van der Waals surface area contributed by atoms with Crippen LogP contribution in [0.25, 0.3) is 0 Å². The van der Waals surface area contributed by atoms with Crippen LogP contribution in [0.5, 0.6) is 5.75 Å². The topological polar surface area (TPSA) is 59.0 Å². The van der Waals surface area contributed by atoms with Gasteiger partial charge in [-0.15, -0.1) is 0 Å². The molecular formula is C22H30F3NO4. The van der Waals surface area contributed by atoms with Crippen molar-refractivity contribution in [2.75, 3.05) is 24.7 Å². The van der Waals surface area contributed by atoms with Crippen LogP contribution >= 0.6 is 0 Å². The Hall–Kier alpha value is -1.80. The smallest absolute Gasteiger partial charge is 0.425 e. The molecule has 1 saturated heterocycles. The van der Waals surface area contributed by atoms with Gasteiger partial charge in [0.25, 0.3) is 0 Å². The zero-order valence-corrected chi connectivity index (χ0v) is 17.5. The predicted octanol–water partition coefficient (Wildman–Crippen LogP) is 4.47. The van der Waals surface area contributed by atoms with E-state index in [2.05, 4.69) is 0 Å². The van der Waals surface area contributed by atoms with Gasteiger partial charge in [-0.1, -0.05) is 6.92 Å². The highest BCUT2D eigenvalue weighted by Gasteiger charge is 2.51. The Balaban J connectivity index is 1.60. The molecule has 1 atom stereocenters. The Labute approximate surface area is 175 Å². The van der Waals surface area contributed by atoms with Gasteiger partial charge in [-0.2, -0.15) is 13.2 Å². The predicted molar refractivity (Wildman–Crippen MR) is 107 cm³/mol. The highest BCUT2D eigenvalue weighted by atomic mass is 19.4. The van der Waals surface area contributed by atoms with Gasteiger partial charge in [0.05, 0.1) is 17.6 Å². The Morgan fingerprint density at radius 1 is 1.13 bits per heavy atom. The summed E-state index contributed by atoms with van der Waals surface area (Å²) in [6.07, 6.45) is -2.45. The number of carbonyl (C=O) groups excluding carboxylic acids is 1. The van der Waals surface area contributed by atoms with Gasteiger partial charge in [0.2, 0.25) is 5.91 Å². The van der Waals surface area contributed by atoms with Gasteiger partial charge in [0.1, 0.15) is 5.75 Å². The molecule has 0 bridgehead atoms. The molecule has 0 aromatic heterocycles. The molecule has 30 heavy (non-hydrogen) atoms. The van der Waals surface area contributed by atoms with Crippen molar-refractivity contribution >= 4 is 11.6 Å². The fourth-order valence-corrected chi connectivity index (χ4v) is 4.25. The minimum atomic E-state index is -4.43. The Kier molecular flexibility index (Phi) is 6.67. The molecule has 1 saturated carbocycles. The lowest BCUT2D eigenvalue weighted by molar-refractivity contribution is -0.189. The maximum atomic E-state index is 13.2. The molecule has 1 aliphatic heterocycles. The van der Waals surface area contributed by atoms with Crippen LogP contribution in [0.1, 0.15) is 52.4 Å². The van der Waals surface area contributed by atoms with E-state index in [1.165, 1.54) is 12.1 Å². The van der Waals surface area contributed by atoms with Crippen LogP contribution in [0, 0.1) is 5.41 Å². The number of halogens is 3. The summed E-state index contributed by atoms with van der Waals surface area (Å²) in [6, 6.07) is 6.15. The maximum absolute atomic E-state index is 13.2. The molecule has 2 fully saturated rings. The first-order valence-electron chi connectivity index (χ1n) is 10.5. The molecule has 1 heterocycles. The van der Waals surface area contributed by atoms with Crippen molar-refractivity contribution in [1.82, 2.24) is 0 Å². The molecule has 8 heteroatoms. The fraction of sp³-hybridized carbons (Fsp3) is 0.682. The van der Waals surface area contributed by atoms with Crippen LogP contribution in [0.2, 0.25) is 0 Å². The van der Waals surface area contributed by atoms with E-state index in [0.29, 0.717) is 57.6 Å². The average molecular weight is 429 g/mol. The summed E-state index contributed by atoms with van der Waals surface area (Å²) >= 11 is 0. The van der Waals surface area contributed by atoms with Gasteiger partial charge >= 0.3 is 6.18 Å². The van der Waals surface area contributed by atoms with E-state index < -0.39 is 23.3 Å². The van der Waals surface area contributed by atoms with E-state index >= 15 is 0 Å². The minimum Gasteiger partial charge on any atom is -0.481 e. The first kappa shape index (κ1) is 22.9. The summed E-state index contributed by atoms with van der Waals surface area (Å²) in [6.45, 7) is 4.44. The highest BCUT2D eigenvalue weighted by Crippen LogP contribution is 2.48. The molecule has 1 aliphatic carbocycles. The second-order valence-corrected chi connectivity index (χ2v) is 8.56. The summed E-state index contributed by atoms with van der Waals surface area (Å²) in [7, 11) is 0. The molecule has 1 aromatic rings. The van der Waals surface area contributed by atoms with Gasteiger partial charge in [0.15, 0.2) is 6.10 Å². The van der Waals surface area contributed by atoms with Crippen molar-refractivity contribution < 1.29 is 32.5 Å². The Morgan fingerprint density at radius 2 is 1.77 bits per heavy atom. The number of anilines is 1. The fourth-order valence-electron chi connectivity index (χ4n) is 4.25. The minimum absolute atomic E-state index is 0.0244. The molecule has 2 aliphatic rings. The van der Waals surface area contributed by atoms with Gasteiger partial charge in [-0.05, 0) is 69.7 Å². The van der Waals surface area contributed by atoms with E-state index in [4.69, 9.17) is 9.47 Å². The van der Waals surface area contributed by atoms with Crippen LogP contribution in [0.15, 0.2) is 24.3 Å². The van der Waals surface area contributed by atoms with Crippen molar-refractivity contribution in [2.24, 2.45) is 5.41 Å². The zero-order chi connectivity index (χ0) is 22.0. The maximum Gasteiger partial charge on any atom is 0.425 e. The molecule has 0 radical (unpaired) electrons.